The molecule has 1 fully saturated rings. The number of rotatable bonds is 4. The molecule has 5 heteroatoms. The average Bonchev–Trinajstić information content (AvgIpc) is 2.95. The van der Waals surface area contributed by atoms with Crippen LogP contribution in [0.4, 0.5) is 11.6 Å². The van der Waals surface area contributed by atoms with Crippen molar-refractivity contribution in [1.82, 2.24) is 0 Å². The molecule has 2 heterocycles. The fraction of sp³-hybridized carbons (Fsp3) is 0.389. The van der Waals surface area contributed by atoms with Gasteiger partial charge in [-0.3, -0.25) is 4.99 Å². The van der Waals surface area contributed by atoms with Gasteiger partial charge in [-0.1, -0.05) is 26.0 Å². The molecule has 0 radical (unpaired) electrons. The first kappa shape index (κ1) is 16.3. The van der Waals surface area contributed by atoms with E-state index >= 15 is 0 Å². The van der Waals surface area contributed by atoms with Gasteiger partial charge in [0.2, 0.25) is 5.88 Å². The Hall–Kier alpha value is -1.59. The van der Waals surface area contributed by atoms with Crippen LogP contribution in [0.3, 0.4) is 0 Å². The van der Waals surface area contributed by atoms with Crippen LogP contribution in [-0.4, -0.2) is 32.5 Å². The number of anilines is 1. The highest BCUT2D eigenvalue weighted by molar-refractivity contribution is 9.10. The SMILES string of the molecule is CC(C)c1ccc(N=Cc2cc(Br)c(N3CCOCC3)o2)cc1. The second-order valence-corrected chi connectivity index (χ2v) is 6.76. The predicted molar refractivity (Wildman–Crippen MR) is 97.2 cm³/mol. The summed E-state index contributed by atoms with van der Waals surface area (Å²) in [6.07, 6.45) is 1.76. The Labute approximate surface area is 145 Å². The molecule has 1 aromatic heterocycles. The van der Waals surface area contributed by atoms with Gasteiger partial charge in [0.1, 0.15) is 5.76 Å². The maximum Gasteiger partial charge on any atom is 0.210 e. The Kier molecular flexibility index (Phi) is 5.18. The second-order valence-electron chi connectivity index (χ2n) is 5.91. The van der Waals surface area contributed by atoms with E-state index in [1.807, 2.05) is 18.2 Å². The summed E-state index contributed by atoms with van der Waals surface area (Å²) < 4.78 is 12.2. The van der Waals surface area contributed by atoms with Gasteiger partial charge in [0.05, 0.1) is 29.6 Å². The van der Waals surface area contributed by atoms with Gasteiger partial charge in [0.15, 0.2) is 0 Å². The Morgan fingerprint density at radius 3 is 2.52 bits per heavy atom. The molecule has 0 atom stereocenters. The van der Waals surface area contributed by atoms with Crippen LogP contribution in [-0.2, 0) is 4.74 Å². The summed E-state index contributed by atoms with van der Waals surface area (Å²) in [6, 6.07) is 10.3. The van der Waals surface area contributed by atoms with Crippen LogP contribution in [0.5, 0.6) is 0 Å². The molecule has 1 saturated heterocycles. The molecule has 2 aromatic rings. The number of halogens is 1. The third-order valence-corrected chi connectivity index (χ3v) is 4.45. The maximum atomic E-state index is 5.91. The maximum absolute atomic E-state index is 5.91. The van der Waals surface area contributed by atoms with Crippen LogP contribution in [0.15, 0.2) is 44.2 Å². The van der Waals surface area contributed by atoms with Crippen LogP contribution < -0.4 is 4.90 Å². The monoisotopic (exact) mass is 376 g/mol. The van der Waals surface area contributed by atoms with Crippen molar-refractivity contribution < 1.29 is 9.15 Å². The number of furan rings is 1. The van der Waals surface area contributed by atoms with Gasteiger partial charge in [-0.25, -0.2) is 0 Å². The molecule has 0 spiro atoms. The molecule has 23 heavy (non-hydrogen) atoms. The zero-order chi connectivity index (χ0) is 16.2. The van der Waals surface area contributed by atoms with E-state index in [1.165, 1.54) is 5.56 Å². The van der Waals surface area contributed by atoms with Crippen molar-refractivity contribution in [3.05, 3.63) is 46.1 Å². The largest absolute Gasteiger partial charge is 0.438 e. The summed E-state index contributed by atoms with van der Waals surface area (Å²) in [4.78, 5) is 6.68. The molecule has 0 N–H and O–H groups in total. The zero-order valence-electron chi connectivity index (χ0n) is 13.5. The number of hydrogen-bond acceptors (Lipinski definition) is 4. The van der Waals surface area contributed by atoms with Crippen LogP contribution in [0.1, 0.15) is 31.1 Å². The molecule has 1 aromatic carbocycles. The standard InChI is InChI=1S/C18H21BrN2O2/c1-13(2)14-3-5-15(6-4-14)20-12-16-11-17(19)18(23-16)21-7-9-22-10-8-21/h3-6,11-13H,7-10H2,1-2H3. The smallest absolute Gasteiger partial charge is 0.210 e. The summed E-state index contributed by atoms with van der Waals surface area (Å²) in [6.45, 7) is 7.54. The van der Waals surface area contributed by atoms with E-state index in [4.69, 9.17) is 9.15 Å². The van der Waals surface area contributed by atoms with Gasteiger partial charge < -0.3 is 14.1 Å². The molecular formula is C18H21BrN2O2. The van der Waals surface area contributed by atoms with Crippen molar-refractivity contribution in [3.63, 3.8) is 0 Å². The molecule has 1 aliphatic heterocycles. The van der Waals surface area contributed by atoms with Gasteiger partial charge in [-0.05, 0) is 39.5 Å². The van der Waals surface area contributed by atoms with Gasteiger partial charge in [0, 0.05) is 19.2 Å². The highest BCUT2D eigenvalue weighted by atomic mass is 79.9. The van der Waals surface area contributed by atoms with Crippen LogP contribution >= 0.6 is 15.9 Å². The minimum Gasteiger partial charge on any atom is -0.438 e. The van der Waals surface area contributed by atoms with Gasteiger partial charge in [-0.2, -0.15) is 0 Å². The van der Waals surface area contributed by atoms with E-state index < -0.39 is 0 Å². The molecule has 0 unspecified atom stereocenters. The molecule has 0 bridgehead atoms. The van der Waals surface area contributed by atoms with Crippen molar-refractivity contribution in [3.8, 4) is 0 Å². The van der Waals surface area contributed by atoms with Crippen LogP contribution in [0, 0.1) is 0 Å². The molecule has 0 aliphatic carbocycles. The summed E-state index contributed by atoms with van der Waals surface area (Å²) in [7, 11) is 0. The number of morpholine rings is 1. The molecule has 0 amide bonds. The highest BCUT2D eigenvalue weighted by Gasteiger charge is 2.18. The van der Waals surface area contributed by atoms with Gasteiger partial charge in [0.25, 0.3) is 0 Å². The van der Waals surface area contributed by atoms with Crippen LogP contribution in [0.25, 0.3) is 0 Å². The lowest BCUT2D eigenvalue weighted by Crippen LogP contribution is -2.36. The minimum absolute atomic E-state index is 0.533. The van der Waals surface area contributed by atoms with E-state index in [0.717, 1.165) is 48.1 Å². The van der Waals surface area contributed by atoms with E-state index in [0.29, 0.717) is 5.92 Å². The van der Waals surface area contributed by atoms with Crippen molar-refractivity contribution in [1.29, 1.82) is 0 Å². The number of benzene rings is 1. The average molecular weight is 377 g/mol. The third-order valence-electron chi connectivity index (χ3n) is 3.89. The summed E-state index contributed by atoms with van der Waals surface area (Å²) in [5.74, 6) is 2.13. The Morgan fingerprint density at radius 2 is 1.87 bits per heavy atom. The van der Waals surface area contributed by atoms with Crippen molar-refractivity contribution in [2.75, 3.05) is 31.2 Å². The summed E-state index contributed by atoms with van der Waals surface area (Å²) in [5.41, 5.74) is 2.24. The predicted octanol–water partition coefficient (Wildman–Crippen LogP) is 4.75. The normalized spacial score (nSPS) is 15.7. The first-order valence-corrected chi connectivity index (χ1v) is 8.69. The first-order valence-electron chi connectivity index (χ1n) is 7.89. The van der Waals surface area contributed by atoms with Gasteiger partial charge in [-0.15, -0.1) is 0 Å². The van der Waals surface area contributed by atoms with E-state index in [2.05, 4.69) is 51.8 Å². The van der Waals surface area contributed by atoms with Crippen molar-refractivity contribution >= 4 is 33.7 Å². The number of aliphatic imine (C=N–C) groups is 1. The molecule has 122 valence electrons. The molecular weight excluding hydrogens is 356 g/mol. The summed E-state index contributed by atoms with van der Waals surface area (Å²) in [5, 5.41) is 0. The number of nitrogens with zero attached hydrogens (tertiary/aromatic N) is 2. The topological polar surface area (TPSA) is 38.0 Å². The zero-order valence-corrected chi connectivity index (χ0v) is 15.0. The van der Waals surface area contributed by atoms with Crippen molar-refractivity contribution in [2.24, 2.45) is 4.99 Å². The number of ether oxygens (including phenoxy) is 1. The molecule has 4 nitrogen and oxygen atoms in total. The molecule has 1 aliphatic rings. The number of hydrogen-bond donors (Lipinski definition) is 0. The van der Waals surface area contributed by atoms with Crippen LogP contribution in [0.2, 0.25) is 0 Å². The third kappa shape index (κ3) is 4.03. The second kappa shape index (κ2) is 7.32. The van der Waals surface area contributed by atoms with Crippen molar-refractivity contribution in [2.45, 2.75) is 19.8 Å². The van der Waals surface area contributed by atoms with E-state index in [1.54, 1.807) is 6.21 Å². The lowest BCUT2D eigenvalue weighted by atomic mass is 10.0. The Balaban J connectivity index is 1.72. The lowest BCUT2D eigenvalue weighted by molar-refractivity contribution is 0.120. The quantitative estimate of drug-likeness (QED) is 0.722. The Morgan fingerprint density at radius 1 is 1.17 bits per heavy atom. The lowest BCUT2D eigenvalue weighted by Gasteiger charge is -2.26. The van der Waals surface area contributed by atoms with E-state index in [9.17, 15) is 0 Å². The highest BCUT2D eigenvalue weighted by Crippen LogP contribution is 2.30. The first-order chi connectivity index (χ1) is 11.1. The van der Waals surface area contributed by atoms with Gasteiger partial charge >= 0.3 is 0 Å². The fourth-order valence-electron chi connectivity index (χ4n) is 2.51. The fourth-order valence-corrected chi connectivity index (χ4v) is 3.06. The minimum atomic E-state index is 0.533. The Bertz CT molecular complexity index is 671. The van der Waals surface area contributed by atoms with E-state index in [-0.39, 0.29) is 0 Å². The molecule has 3 rings (SSSR count). The summed E-state index contributed by atoms with van der Waals surface area (Å²) >= 11 is 3.57. The molecule has 0 saturated carbocycles.